The van der Waals surface area contributed by atoms with E-state index in [1.807, 2.05) is 42.5 Å². The summed E-state index contributed by atoms with van der Waals surface area (Å²) in [7, 11) is 0. The van der Waals surface area contributed by atoms with Crippen molar-refractivity contribution < 1.29 is 9.53 Å². The van der Waals surface area contributed by atoms with Crippen LogP contribution in [0.3, 0.4) is 0 Å². The molecule has 1 amide bonds. The molecule has 4 N–H and O–H groups in total. The van der Waals surface area contributed by atoms with E-state index < -0.39 is 0 Å². The molecule has 2 bridgehead atoms. The molecule has 0 aromatic heterocycles. The van der Waals surface area contributed by atoms with E-state index in [9.17, 15) is 4.79 Å². The summed E-state index contributed by atoms with van der Waals surface area (Å²) in [5, 5.41) is 10.4. The van der Waals surface area contributed by atoms with E-state index in [-0.39, 0.29) is 24.0 Å². The van der Waals surface area contributed by atoms with Gasteiger partial charge in [0.2, 0.25) is 0 Å². The van der Waals surface area contributed by atoms with Gasteiger partial charge < -0.3 is 15.8 Å². The molecular weight excluding hydrogens is 350 g/mol. The topological polar surface area (TPSA) is 88.2 Å². The maximum Gasteiger partial charge on any atom is 0.251 e. The molecule has 0 aliphatic carbocycles. The highest BCUT2D eigenvalue weighted by Gasteiger charge is 2.42. The maximum absolute atomic E-state index is 12.6. The third-order valence-corrected chi connectivity index (χ3v) is 5.47. The summed E-state index contributed by atoms with van der Waals surface area (Å²) in [6.45, 7) is 0.416. The second kappa shape index (κ2) is 6.32. The summed E-state index contributed by atoms with van der Waals surface area (Å²) < 4.78 is 6.15. The highest BCUT2D eigenvalue weighted by atomic mass is 16.5. The number of nitrogen functional groups attached to an aromatic ring is 1. The van der Waals surface area contributed by atoms with Gasteiger partial charge in [-0.1, -0.05) is 54.6 Å². The molecule has 5 heteroatoms. The number of fused-ring (bicyclic) bond motifs is 8. The van der Waals surface area contributed by atoms with Crippen LogP contribution in [0.5, 0.6) is 0 Å². The van der Waals surface area contributed by atoms with Crippen molar-refractivity contribution in [2.75, 3.05) is 0 Å². The molecule has 2 atom stereocenters. The molecule has 2 unspecified atom stereocenters. The number of nitrogens with two attached hydrogens (primary N) is 1. The fourth-order valence-corrected chi connectivity index (χ4v) is 4.02. The van der Waals surface area contributed by atoms with Crippen molar-refractivity contribution in [2.24, 2.45) is 5.73 Å². The minimum absolute atomic E-state index is 0.0203. The average Bonchev–Trinajstić information content (AvgIpc) is 3.29. The predicted molar refractivity (Wildman–Crippen MR) is 106 cm³/mol. The van der Waals surface area contributed by atoms with E-state index >= 15 is 0 Å². The summed E-state index contributed by atoms with van der Waals surface area (Å²) >= 11 is 0. The molecule has 5 nitrogen and oxygen atoms in total. The first-order valence-electron chi connectivity index (χ1n) is 9.21. The molecule has 0 radical (unpaired) electrons. The number of nitrogens with one attached hydrogen (secondary N) is 2. The molecule has 2 heterocycles. The molecule has 2 aliphatic rings. The van der Waals surface area contributed by atoms with Gasteiger partial charge >= 0.3 is 0 Å². The lowest BCUT2D eigenvalue weighted by molar-refractivity contribution is 0.0857. The lowest BCUT2D eigenvalue weighted by Gasteiger charge is -2.16. The first kappa shape index (κ1) is 16.7. The number of carbonyl (C=O) groups is 1. The van der Waals surface area contributed by atoms with Gasteiger partial charge in [-0.05, 0) is 39.9 Å². The number of ether oxygens (including phenoxy) is 1. The molecular formula is C23H19N3O2. The number of amides is 1. The Morgan fingerprint density at radius 1 is 0.893 bits per heavy atom. The van der Waals surface area contributed by atoms with E-state index in [4.69, 9.17) is 15.9 Å². The second-order valence-electron chi connectivity index (χ2n) is 7.16. The lowest BCUT2D eigenvalue weighted by Crippen LogP contribution is -2.23. The molecule has 28 heavy (non-hydrogen) atoms. The van der Waals surface area contributed by atoms with Crippen LogP contribution < -0.4 is 11.1 Å². The normalized spacial score (nSPS) is 18.4. The molecule has 0 saturated heterocycles. The Labute approximate surface area is 162 Å². The maximum atomic E-state index is 12.6. The minimum atomic E-state index is -0.116. The first-order valence-corrected chi connectivity index (χ1v) is 9.21. The molecule has 0 spiro atoms. The highest BCUT2D eigenvalue weighted by Crippen LogP contribution is 2.53. The van der Waals surface area contributed by atoms with Crippen LogP contribution in [0.15, 0.2) is 66.7 Å². The third-order valence-electron chi connectivity index (χ3n) is 5.47. The summed E-state index contributed by atoms with van der Waals surface area (Å²) in [5.74, 6) is -0.0821. The molecule has 0 saturated carbocycles. The molecule has 0 fully saturated rings. The largest absolute Gasteiger partial charge is 0.384 e. The van der Waals surface area contributed by atoms with Gasteiger partial charge in [0.25, 0.3) is 5.91 Å². The SMILES string of the molecule is N=C(N)c1ccc(CNC(=O)c2ccc3c(c2)C2OC3c3ccccc32)cc1. The van der Waals surface area contributed by atoms with E-state index in [2.05, 4.69) is 17.4 Å². The standard InChI is InChI=1S/C23H19N3O2/c24-22(25)14-7-5-13(6-8-14)12-26-23(27)15-9-10-18-19(11-15)21-17-4-2-1-3-16(17)20(18)28-21/h1-11,20-21H,12H2,(H3,24,25)(H,26,27). The quantitative estimate of drug-likeness (QED) is 0.486. The molecule has 5 rings (SSSR count). The van der Waals surface area contributed by atoms with Crippen molar-refractivity contribution in [1.29, 1.82) is 5.41 Å². The summed E-state index contributed by atoms with van der Waals surface area (Å²) in [6.07, 6.45) is -0.101. The fourth-order valence-electron chi connectivity index (χ4n) is 4.02. The number of benzene rings is 3. The molecule has 3 aromatic carbocycles. The van der Waals surface area contributed by atoms with Crippen LogP contribution in [0, 0.1) is 5.41 Å². The van der Waals surface area contributed by atoms with Gasteiger partial charge in [-0.2, -0.15) is 0 Å². The van der Waals surface area contributed by atoms with Crippen LogP contribution in [0.4, 0.5) is 0 Å². The van der Waals surface area contributed by atoms with Crippen molar-refractivity contribution in [3.8, 4) is 0 Å². The Hall–Kier alpha value is -3.44. The summed E-state index contributed by atoms with van der Waals surface area (Å²) in [5.41, 5.74) is 12.4. The van der Waals surface area contributed by atoms with Crippen LogP contribution in [0.25, 0.3) is 0 Å². The predicted octanol–water partition coefficient (Wildman–Crippen LogP) is 3.42. The minimum Gasteiger partial charge on any atom is -0.384 e. The van der Waals surface area contributed by atoms with E-state index in [1.165, 1.54) is 11.1 Å². The van der Waals surface area contributed by atoms with E-state index in [0.29, 0.717) is 17.7 Å². The number of carbonyl (C=O) groups excluding carboxylic acids is 1. The van der Waals surface area contributed by atoms with E-state index in [1.54, 1.807) is 12.1 Å². The zero-order valence-corrected chi connectivity index (χ0v) is 15.1. The van der Waals surface area contributed by atoms with E-state index in [0.717, 1.165) is 16.7 Å². The zero-order chi connectivity index (χ0) is 19.3. The molecule has 138 valence electrons. The monoisotopic (exact) mass is 369 g/mol. The Balaban J connectivity index is 1.32. The summed E-state index contributed by atoms with van der Waals surface area (Å²) in [4.78, 5) is 12.6. The van der Waals surface area contributed by atoms with Gasteiger partial charge in [-0.3, -0.25) is 10.2 Å². The third kappa shape index (κ3) is 2.60. The summed E-state index contributed by atoms with van der Waals surface area (Å²) in [6, 6.07) is 21.4. The van der Waals surface area contributed by atoms with Crippen molar-refractivity contribution >= 4 is 11.7 Å². The molecule has 3 aromatic rings. The van der Waals surface area contributed by atoms with Gasteiger partial charge in [0.1, 0.15) is 18.0 Å². The Morgan fingerprint density at radius 2 is 1.50 bits per heavy atom. The Kier molecular flexibility index (Phi) is 3.77. The lowest BCUT2D eigenvalue weighted by atomic mass is 9.85. The van der Waals surface area contributed by atoms with Crippen LogP contribution in [-0.4, -0.2) is 11.7 Å². The van der Waals surface area contributed by atoms with Gasteiger partial charge in [-0.15, -0.1) is 0 Å². The van der Waals surface area contributed by atoms with Gasteiger partial charge in [0, 0.05) is 17.7 Å². The number of hydrogen-bond donors (Lipinski definition) is 3. The number of hydrogen-bond acceptors (Lipinski definition) is 3. The fraction of sp³-hybridized carbons (Fsp3) is 0.130. The molecule has 2 aliphatic heterocycles. The van der Waals surface area contributed by atoms with Crippen molar-refractivity contribution in [2.45, 2.75) is 18.8 Å². The van der Waals surface area contributed by atoms with Crippen molar-refractivity contribution in [3.05, 3.63) is 106 Å². The smallest absolute Gasteiger partial charge is 0.251 e. The first-order chi connectivity index (χ1) is 13.6. The van der Waals surface area contributed by atoms with Crippen molar-refractivity contribution in [3.63, 3.8) is 0 Å². The Bertz CT molecular complexity index is 1110. The second-order valence-corrected chi connectivity index (χ2v) is 7.16. The Morgan fingerprint density at radius 3 is 2.18 bits per heavy atom. The van der Waals surface area contributed by atoms with Crippen LogP contribution in [0.1, 0.15) is 55.9 Å². The van der Waals surface area contributed by atoms with Crippen LogP contribution in [0.2, 0.25) is 0 Å². The van der Waals surface area contributed by atoms with Gasteiger partial charge in [0.15, 0.2) is 0 Å². The number of rotatable bonds is 4. The van der Waals surface area contributed by atoms with Crippen molar-refractivity contribution in [1.82, 2.24) is 5.32 Å². The van der Waals surface area contributed by atoms with Gasteiger partial charge in [0.05, 0.1) is 0 Å². The van der Waals surface area contributed by atoms with Crippen LogP contribution >= 0.6 is 0 Å². The average molecular weight is 369 g/mol. The highest BCUT2D eigenvalue weighted by molar-refractivity contribution is 5.95. The number of amidine groups is 1. The van der Waals surface area contributed by atoms with Gasteiger partial charge in [-0.25, -0.2) is 0 Å². The van der Waals surface area contributed by atoms with Crippen LogP contribution in [-0.2, 0) is 11.3 Å². The zero-order valence-electron chi connectivity index (χ0n) is 15.1.